The molecule has 1 N–H and O–H groups in total. The number of rotatable bonds is 5. The van der Waals surface area contributed by atoms with E-state index in [9.17, 15) is 9.59 Å². The summed E-state index contributed by atoms with van der Waals surface area (Å²) in [5, 5.41) is 10.9. The van der Waals surface area contributed by atoms with E-state index in [-0.39, 0.29) is 36.7 Å². The van der Waals surface area contributed by atoms with E-state index in [4.69, 9.17) is 0 Å². The van der Waals surface area contributed by atoms with Crippen molar-refractivity contribution in [3.05, 3.63) is 42.5 Å². The Balaban J connectivity index is 1.62. The number of amides is 2. The molecular formula is C17H21N5O2. The second-order valence-electron chi connectivity index (χ2n) is 6.21. The van der Waals surface area contributed by atoms with E-state index in [1.54, 1.807) is 11.2 Å². The van der Waals surface area contributed by atoms with Crippen molar-refractivity contribution < 1.29 is 9.59 Å². The minimum Gasteiger partial charge on any atom is -0.348 e. The van der Waals surface area contributed by atoms with Crippen molar-refractivity contribution in [1.82, 2.24) is 25.0 Å². The number of carbonyl (C=O) groups excluding carboxylic acids is 2. The van der Waals surface area contributed by atoms with Crippen LogP contribution in [0, 0.1) is 5.92 Å². The van der Waals surface area contributed by atoms with Crippen molar-refractivity contribution in [2.24, 2.45) is 5.92 Å². The molecule has 1 aliphatic rings. The number of aromatic nitrogens is 3. The first-order valence-electron chi connectivity index (χ1n) is 8.07. The lowest BCUT2D eigenvalue weighted by Gasteiger charge is -2.20. The van der Waals surface area contributed by atoms with Crippen LogP contribution in [0.1, 0.15) is 26.1 Å². The van der Waals surface area contributed by atoms with Crippen LogP contribution in [0.5, 0.6) is 0 Å². The van der Waals surface area contributed by atoms with Crippen molar-refractivity contribution in [2.75, 3.05) is 6.54 Å². The second-order valence-corrected chi connectivity index (χ2v) is 6.21. The highest BCUT2D eigenvalue weighted by atomic mass is 16.2. The lowest BCUT2D eigenvalue weighted by molar-refractivity contribution is -0.130. The Kier molecular flexibility index (Phi) is 4.59. The van der Waals surface area contributed by atoms with Gasteiger partial charge >= 0.3 is 0 Å². The van der Waals surface area contributed by atoms with Crippen molar-refractivity contribution in [1.29, 1.82) is 0 Å². The van der Waals surface area contributed by atoms with Gasteiger partial charge in [0.25, 0.3) is 0 Å². The van der Waals surface area contributed by atoms with Crippen molar-refractivity contribution in [3.8, 4) is 5.69 Å². The lowest BCUT2D eigenvalue weighted by atomic mass is 10.1. The molecule has 0 bridgehead atoms. The molecule has 0 saturated carbocycles. The van der Waals surface area contributed by atoms with Gasteiger partial charge in [-0.1, -0.05) is 18.2 Å². The van der Waals surface area contributed by atoms with Gasteiger partial charge in [-0.15, -0.1) is 10.2 Å². The Bertz CT molecular complexity index is 726. The Morgan fingerprint density at radius 3 is 2.75 bits per heavy atom. The molecule has 1 aliphatic heterocycles. The molecule has 7 heteroatoms. The topological polar surface area (TPSA) is 80.1 Å². The lowest BCUT2D eigenvalue weighted by Crippen LogP contribution is -2.35. The molecule has 2 heterocycles. The molecule has 1 atom stereocenters. The summed E-state index contributed by atoms with van der Waals surface area (Å²) < 4.78 is 1.83. The third-order valence-electron chi connectivity index (χ3n) is 4.23. The largest absolute Gasteiger partial charge is 0.348 e. The fourth-order valence-electron chi connectivity index (χ4n) is 2.90. The quantitative estimate of drug-likeness (QED) is 0.893. The molecule has 0 aliphatic carbocycles. The molecular weight excluding hydrogens is 306 g/mol. The van der Waals surface area contributed by atoms with Crippen LogP contribution in [-0.4, -0.2) is 44.1 Å². The summed E-state index contributed by atoms with van der Waals surface area (Å²) in [7, 11) is 0. The van der Waals surface area contributed by atoms with Crippen LogP contribution in [0.3, 0.4) is 0 Å². The SMILES string of the molecule is CC(C)N1CC(C(=O)NCc2nncn2-c2ccccc2)CC1=O. The monoisotopic (exact) mass is 327 g/mol. The highest BCUT2D eigenvalue weighted by Crippen LogP contribution is 2.20. The number of hydrogen-bond acceptors (Lipinski definition) is 4. The predicted octanol–water partition coefficient (Wildman–Crippen LogP) is 1.14. The van der Waals surface area contributed by atoms with E-state index in [1.165, 1.54) is 0 Å². The van der Waals surface area contributed by atoms with Crippen LogP contribution >= 0.6 is 0 Å². The van der Waals surface area contributed by atoms with Gasteiger partial charge in [0.2, 0.25) is 11.8 Å². The van der Waals surface area contributed by atoms with Crippen LogP contribution in [0.15, 0.2) is 36.7 Å². The predicted molar refractivity (Wildman–Crippen MR) is 88.2 cm³/mol. The molecule has 24 heavy (non-hydrogen) atoms. The Morgan fingerprint density at radius 1 is 1.33 bits per heavy atom. The zero-order valence-corrected chi connectivity index (χ0v) is 13.8. The zero-order valence-electron chi connectivity index (χ0n) is 13.8. The molecule has 0 spiro atoms. The first-order valence-corrected chi connectivity index (χ1v) is 8.07. The first-order chi connectivity index (χ1) is 11.6. The fraction of sp³-hybridized carbons (Fsp3) is 0.412. The Labute approximate surface area is 140 Å². The van der Waals surface area contributed by atoms with E-state index >= 15 is 0 Å². The normalized spacial score (nSPS) is 17.5. The summed E-state index contributed by atoms with van der Waals surface area (Å²) >= 11 is 0. The number of hydrogen-bond donors (Lipinski definition) is 1. The highest BCUT2D eigenvalue weighted by Gasteiger charge is 2.35. The molecule has 126 valence electrons. The van der Waals surface area contributed by atoms with Gasteiger partial charge in [0.05, 0.1) is 12.5 Å². The van der Waals surface area contributed by atoms with Gasteiger partial charge in [0, 0.05) is 24.7 Å². The molecule has 2 amide bonds. The minimum absolute atomic E-state index is 0.0394. The number of benzene rings is 1. The van der Waals surface area contributed by atoms with Crippen LogP contribution in [0.4, 0.5) is 0 Å². The molecule has 3 rings (SSSR count). The van der Waals surface area contributed by atoms with E-state index in [2.05, 4.69) is 15.5 Å². The standard InChI is InChI=1S/C17H21N5O2/c1-12(2)21-10-13(8-16(21)23)17(24)18-9-15-20-19-11-22(15)14-6-4-3-5-7-14/h3-7,11-13H,8-10H2,1-2H3,(H,18,24). The summed E-state index contributed by atoms with van der Waals surface area (Å²) in [6.07, 6.45) is 1.89. The number of nitrogens with one attached hydrogen (secondary N) is 1. The van der Waals surface area contributed by atoms with Crippen LogP contribution in [0.2, 0.25) is 0 Å². The maximum absolute atomic E-state index is 12.4. The van der Waals surface area contributed by atoms with Gasteiger partial charge in [0.15, 0.2) is 5.82 Å². The van der Waals surface area contributed by atoms with Gasteiger partial charge in [-0.25, -0.2) is 0 Å². The fourth-order valence-corrected chi connectivity index (χ4v) is 2.90. The number of para-hydroxylation sites is 1. The molecule has 0 radical (unpaired) electrons. The summed E-state index contributed by atoms with van der Waals surface area (Å²) in [4.78, 5) is 26.0. The Hall–Kier alpha value is -2.70. The minimum atomic E-state index is -0.298. The summed E-state index contributed by atoms with van der Waals surface area (Å²) in [5.41, 5.74) is 0.939. The summed E-state index contributed by atoms with van der Waals surface area (Å²) in [5.74, 6) is 0.277. The van der Waals surface area contributed by atoms with Gasteiger partial charge in [-0.05, 0) is 26.0 Å². The number of nitrogens with zero attached hydrogens (tertiary/aromatic N) is 4. The molecule has 1 saturated heterocycles. The van der Waals surface area contributed by atoms with Crippen molar-refractivity contribution >= 4 is 11.8 Å². The highest BCUT2D eigenvalue weighted by molar-refractivity contribution is 5.89. The Morgan fingerprint density at radius 2 is 2.08 bits per heavy atom. The maximum atomic E-state index is 12.4. The van der Waals surface area contributed by atoms with Crippen molar-refractivity contribution in [2.45, 2.75) is 32.9 Å². The third-order valence-corrected chi connectivity index (χ3v) is 4.23. The van der Waals surface area contributed by atoms with Gasteiger partial charge in [0.1, 0.15) is 6.33 Å². The first kappa shape index (κ1) is 16.2. The maximum Gasteiger partial charge on any atom is 0.225 e. The smallest absolute Gasteiger partial charge is 0.225 e. The second kappa shape index (κ2) is 6.82. The number of likely N-dealkylation sites (tertiary alicyclic amines) is 1. The molecule has 2 aromatic rings. The summed E-state index contributed by atoms with van der Waals surface area (Å²) in [6, 6.07) is 9.82. The molecule has 1 aromatic carbocycles. The summed E-state index contributed by atoms with van der Waals surface area (Å²) in [6.45, 7) is 4.68. The van der Waals surface area contributed by atoms with E-state index in [0.29, 0.717) is 12.4 Å². The average Bonchev–Trinajstić information content (AvgIpc) is 3.20. The molecule has 1 aromatic heterocycles. The van der Waals surface area contributed by atoms with E-state index < -0.39 is 0 Å². The van der Waals surface area contributed by atoms with Crippen LogP contribution < -0.4 is 5.32 Å². The zero-order chi connectivity index (χ0) is 17.1. The van der Waals surface area contributed by atoms with Gasteiger partial charge in [-0.3, -0.25) is 14.2 Å². The van der Waals surface area contributed by atoms with Crippen LogP contribution in [0.25, 0.3) is 5.69 Å². The van der Waals surface area contributed by atoms with Crippen LogP contribution in [-0.2, 0) is 16.1 Å². The number of carbonyl (C=O) groups is 2. The average molecular weight is 327 g/mol. The molecule has 7 nitrogen and oxygen atoms in total. The molecule has 1 fully saturated rings. The van der Waals surface area contributed by atoms with Crippen molar-refractivity contribution in [3.63, 3.8) is 0 Å². The third kappa shape index (κ3) is 3.29. The molecule has 1 unspecified atom stereocenters. The van der Waals surface area contributed by atoms with E-state index in [1.807, 2.05) is 48.7 Å². The van der Waals surface area contributed by atoms with Gasteiger partial charge in [-0.2, -0.15) is 0 Å². The van der Waals surface area contributed by atoms with Gasteiger partial charge < -0.3 is 10.2 Å². The van der Waals surface area contributed by atoms with E-state index in [0.717, 1.165) is 5.69 Å².